The number of likely N-dealkylation sites (tertiary alicyclic amines) is 1. The third-order valence-electron chi connectivity index (χ3n) is 10.4. The summed E-state index contributed by atoms with van der Waals surface area (Å²) >= 11 is 0. The maximum Gasteiger partial charge on any atom is 0.321 e. The molecule has 0 bridgehead atoms. The van der Waals surface area contributed by atoms with Gasteiger partial charge in [-0.1, -0.05) is 55.7 Å². The number of carbonyl (C=O) groups is 3. The zero-order valence-electron chi connectivity index (χ0n) is 26.0. The van der Waals surface area contributed by atoms with Crippen molar-refractivity contribution in [2.75, 3.05) is 26.7 Å². The minimum atomic E-state index is -0.163. The normalized spacial score (nSPS) is 25.7. The zero-order chi connectivity index (χ0) is 30.5. The van der Waals surface area contributed by atoms with Crippen molar-refractivity contribution in [3.63, 3.8) is 0 Å². The van der Waals surface area contributed by atoms with E-state index in [9.17, 15) is 14.4 Å². The summed E-state index contributed by atoms with van der Waals surface area (Å²) in [6, 6.07) is 15.4. The van der Waals surface area contributed by atoms with Crippen LogP contribution >= 0.6 is 0 Å². The summed E-state index contributed by atoms with van der Waals surface area (Å²) in [6.45, 7) is 3.43. The topological polar surface area (TPSA) is 95.1 Å². The summed E-state index contributed by atoms with van der Waals surface area (Å²) in [5.74, 6) is -0.379. The molecule has 4 fully saturated rings. The first kappa shape index (κ1) is 30.6. The average molecular weight is 602 g/mol. The highest BCUT2D eigenvalue weighted by Crippen LogP contribution is 2.38. The molecule has 0 radical (unpaired) electrons. The summed E-state index contributed by atoms with van der Waals surface area (Å²) < 4.78 is 4.86. The Bertz CT molecular complexity index is 1270. The highest BCUT2D eigenvalue weighted by molar-refractivity contribution is 5.92. The van der Waals surface area contributed by atoms with Crippen LogP contribution in [0, 0.1) is 5.92 Å². The smallest absolute Gasteiger partial charge is 0.321 e. The molecule has 2 saturated carbocycles. The van der Waals surface area contributed by atoms with Gasteiger partial charge in [0.15, 0.2) is 0 Å². The predicted octanol–water partition coefficient (Wildman–Crippen LogP) is 5.32. The molecular formula is C35H47N5O4. The predicted molar refractivity (Wildman–Crippen MR) is 168 cm³/mol. The molecule has 44 heavy (non-hydrogen) atoms. The van der Waals surface area contributed by atoms with E-state index in [4.69, 9.17) is 4.74 Å². The van der Waals surface area contributed by atoms with Gasteiger partial charge in [-0.05, 0) is 68.6 Å². The lowest BCUT2D eigenvalue weighted by Gasteiger charge is -2.39. The second-order valence-electron chi connectivity index (χ2n) is 13.2. The van der Waals surface area contributed by atoms with E-state index in [1.165, 1.54) is 31.9 Å². The van der Waals surface area contributed by atoms with E-state index in [0.29, 0.717) is 11.7 Å². The Hall–Kier alpha value is -3.46. The van der Waals surface area contributed by atoms with Gasteiger partial charge < -0.3 is 19.9 Å². The van der Waals surface area contributed by atoms with Crippen molar-refractivity contribution in [3.8, 4) is 0 Å². The van der Waals surface area contributed by atoms with Crippen molar-refractivity contribution in [1.82, 2.24) is 25.0 Å². The van der Waals surface area contributed by atoms with Crippen molar-refractivity contribution in [2.24, 2.45) is 5.92 Å². The quantitative estimate of drug-likeness (QED) is 0.412. The van der Waals surface area contributed by atoms with Crippen LogP contribution in [0.15, 0.2) is 48.7 Å². The number of nitrogens with zero attached hydrogens (tertiary/aromatic N) is 4. The summed E-state index contributed by atoms with van der Waals surface area (Å²) in [4.78, 5) is 49.8. The van der Waals surface area contributed by atoms with E-state index < -0.39 is 0 Å². The largest absolute Gasteiger partial charge is 0.469 e. The molecule has 2 aliphatic carbocycles. The fourth-order valence-electron chi connectivity index (χ4n) is 7.85. The molecule has 2 aromatic rings. The summed E-state index contributed by atoms with van der Waals surface area (Å²) in [5.41, 5.74) is 2.75. The second kappa shape index (κ2) is 14.1. The molecule has 1 N–H and O–H groups in total. The van der Waals surface area contributed by atoms with Crippen LogP contribution in [0.5, 0.6) is 0 Å². The molecule has 1 atom stereocenters. The highest BCUT2D eigenvalue weighted by atomic mass is 16.5. The van der Waals surface area contributed by atoms with Crippen LogP contribution in [0.2, 0.25) is 0 Å². The molecule has 6 rings (SSSR count). The van der Waals surface area contributed by atoms with Crippen LogP contribution in [0.25, 0.3) is 0 Å². The minimum absolute atomic E-state index is 0.0601. The van der Waals surface area contributed by atoms with Crippen molar-refractivity contribution >= 4 is 17.9 Å². The number of hydrogen-bond donors (Lipinski definition) is 1. The molecular weight excluding hydrogens is 554 g/mol. The lowest BCUT2D eigenvalue weighted by molar-refractivity contribution is -0.146. The molecule has 4 aliphatic rings. The van der Waals surface area contributed by atoms with E-state index in [0.717, 1.165) is 83.1 Å². The number of carbonyl (C=O) groups excluding carboxylic acids is 3. The van der Waals surface area contributed by atoms with Gasteiger partial charge in [0.1, 0.15) is 5.69 Å². The molecule has 9 heteroatoms. The van der Waals surface area contributed by atoms with E-state index in [1.807, 2.05) is 18.3 Å². The van der Waals surface area contributed by atoms with Crippen molar-refractivity contribution in [1.29, 1.82) is 0 Å². The Kier molecular flexibility index (Phi) is 9.79. The number of hydrogen-bond acceptors (Lipinski definition) is 6. The van der Waals surface area contributed by atoms with E-state index >= 15 is 0 Å². The van der Waals surface area contributed by atoms with Crippen LogP contribution < -0.4 is 5.32 Å². The number of benzene rings is 1. The molecule has 2 aliphatic heterocycles. The standard InChI is InChI=1S/C35H47N5O4/c1-44-34(42)27-13-15-28(16-14-27)37-33(41)31-17-12-25(22-36-31)23-38-20-18-30(19-21-38)40-32(26-8-4-2-5-9-26)24-39(35(40)43)29-10-6-3-7-11-29/h2,4-5,8-9,12,17,22,27-30,32H,3,6-7,10-11,13-16,18-21,23-24H2,1H3,(H,37,41)/t27?,28?,32-/m0/s1. The third kappa shape index (κ3) is 6.93. The van der Waals surface area contributed by atoms with Gasteiger partial charge >= 0.3 is 12.0 Å². The van der Waals surface area contributed by atoms with Crippen molar-refractivity contribution in [3.05, 3.63) is 65.5 Å². The molecule has 2 saturated heterocycles. The minimum Gasteiger partial charge on any atom is -0.469 e. The van der Waals surface area contributed by atoms with E-state index in [1.54, 1.807) is 0 Å². The number of nitrogens with one attached hydrogen (secondary N) is 1. The molecule has 236 valence electrons. The highest BCUT2D eigenvalue weighted by Gasteiger charge is 2.45. The molecule has 1 aromatic heterocycles. The summed E-state index contributed by atoms with van der Waals surface area (Å²) in [5, 5.41) is 3.09. The number of pyridine rings is 1. The van der Waals surface area contributed by atoms with Gasteiger partial charge in [-0.3, -0.25) is 19.5 Å². The van der Waals surface area contributed by atoms with Crippen LogP contribution in [0.3, 0.4) is 0 Å². The molecule has 0 spiro atoms. The first-order valence-electron chi connectivity index (χ1n) is 16.7. The Morgan fingerprint density at radius 3 is 2.27 bits per heavy atom. The third-order valence-corrected chi connectivity index (χ3v) is 10.4. The van der Waals surface area contributed by atoms with Crippen LogP contribution in [0.4, 0.5) is 4.79 Å². The number of amides is 3. The van der Waals surface area contributed by atoms with Crippen LogP contribution in [-0.4, -0.2) is 82.5 Å². The van der Waals surface area contributed by atoms with Gasteiger partial charge in [-0.25, -0.2) is 4.79 Å². The fraction of sp³-hybridized carbons (Fsp3) is 0.600. The number of piperidine rings is 1. The Morgan fingerprint density at radius 2 is 1.61 bits per heavy atom. The lowest BCUT2D eigenvalue weighted by Crippen LogP contribution is -2.48. The van der Waals surface area contributed by atoms with Gasteiger partial charge in [0.25, 0.3) is 5.91 Å². The molecule has 9 nitrogen and oxygen atoms in total. The number of urea groups is 1. The summed E-state index contributed by atoms with van der Waals surface area (Å²) in [7, 11) is 1.43. The maximum atomic E-state index is 13.9. The van der Waals surface area contributed by atoms with Crippen LogP contribution in [0.1, 0.15) is 98.3 Å². The first-order valence-corrected chi connectivity index (χ1v) is 16.7. The Morgan fingerprint density at radius 1 is 0.886 bits per heavy atom. The molecule has 3 heterocycles. The summed E-state index contributed by atoms with van der Waals surface area (Å²) in [6.07, 6.45) is 12.7. The van der Waals surface area contributed by atoms with Crippen molar-refractivity contribution < 1.29 is 19.1 Å². The first-order chi connectivity index (χ1) is 21.5. The number of ether oxygens (including phenoxy) is 1. The number of rotatable bonds is 8. The van der Waals surface area contributed by atoms with Gasteiger partial charge in [0, 0.05) is 50.5 Å². The number of aromatic nitrogens is 1. The number of methoxy groups -OCH3 is 1. The van der Waals surface area contributed by atoms with Crippen molar-refractivity contribution in [2.45, 2.75) is 101 Å². The fourth-order valence-corrected chi connectivity index (χ4v) is 7.85. The lowest BCUT2D eigenvalue weighted by atomic mass is 9.86. The maximum absolute atomic E-state index is 13.9. The zero-order valence-corrected chi connectivity index (χ0v) is 26.0. The van der Waals surface area contributed by atoms with Crippen LogP contribution in [-0.2, 0) is 16.1 Å². The SMILES string of the molecule is COC(=O)C1CCC(NC(=O)c2ccc(CN3CCC(N4C(=O)N(C5CCCCC5)C[C@H]4c4ccccc4)CC3)cn2)CC1. The molecule has 0 unspecified atom stereocenters. The van der Waals surface area contributed by atoms with E-state index in [-0.39, 0.29) is 42.0 Å². The number of esters is 1. The monoisotopic (exact) mass is 601 g/mol. The van der Waals surface area contributed by atoms with Gasteiger partial charge in [0.2, 0.25) is 0 Å². The Balaban J connectivity index is 1.01. The Labute approximate surface area is 261 Å². The van der Waals surface area contributed by atoms with Gasteiger partial charge in [-0.2, -0.15) is 0 Å². The molecule has 1 aromatic carbocycles. The molecule has 3 amide bonds. The van der Waals surface area contributed by atoms with Gasteiger partial charge in [-0.15, -0.1) is 0 Å². The second-order valence-corrected chi connectivity index (χ2v) is 13.2. The van der Waals surface area contributed by atoms with E-state index in [2.05, 4.69) is 55.3 Å². The van der Waals surface area contributed by atoms with Gasteiger partial charge in [0.05, 0.1) is 19.1 Å². The average Bonchev–Trinajstić information content (AvgIpc) is 3.43.